The molecule has 1 N–H and O–H groups in total. The second-order valence-electron chi connectivity index (χ2n) is 4.51. The predicted octanol–water partition coefficient (Wildman–Crippen LogP) is 3.16. The van der Waals surface area contributed by atoms with Crippen LogP contribution in [0.1, 0.15) is 24.6 Å². The molecule has 0 unspecified atom stereocenters. The van der Waals surface area contributed by atoms with Crippen LogP contribution in [0.4, 0.5) is 0 Å². The molecule has 4 nitrogen and oxygen atoms in total. The van der Waals surface area contributed by atoms with Crippen LogP contribution in [-0.4, -0.2) is 18.6 Å². The van der Waals surface area contributed by atoms with E-state index in [0.29, 0.717) is 5.89 Å². The monoisotopic (exact) mass is 260 g/mol. The lowest BCUT2D eigenvalue weighted by Gasteiger charge is -2.05. The molecular weight excluding hydrogens is 240 g/mol. The Morgan fingerprint density at radius 1 is 1.37 bits per heavy atom. The number of methoxy groups -OCH3 is 1. The van der Waals surface area contributed by atoms with Gasteiger partial charge in [0.15, 0.2) is 0 Å². The number of benzene rings is 1. The van der Waals surface area contributed by atoms with Gasteiger partial charge in [-0.15, -0.1) is 0 Å². The van der Waals surface area contributed by atoms with Gasteiger partial charge >= 0.3 is 0 Å². The van der Waals surface area contributed by atoms with Crippen molar-refractivity contribution in [1.82, 2.24) is 10.3 Å². The van der Waals surface area contributed by atoms with Crippen LogP contribution in [0.5, 0.6) is 5.75 Å². The molecule has 19 heavy (non-hydrogen) atoms. The van der Waals surface area contributed by atoms with Crippen molar-refractivity contribution in [2.24, 2.45) is 0 Å². The van der Waals surface area contributed by atoms with E-state index in [2.05, 4.69) is 17.2 Å². The lowest BCUT2D eigenvalue weighted by molar-refractivity contribution is 0.411. The Labute approximate surface area is 113 Å². The average Bonchev–Trinajstić information content (AvgIpc) is 2.88. The normalized spacial score (nSPS) is 10.7. The van der Waals surface area contributed by atoms with Crippen LogP contribution in [0.3, 0.4) is 0 Å². The molecule has 0 radical (unpaired) electrons. The van der Waals surface area contributed by atoms with Crippen molar-refractivity contribution in [3.63, 3.8) is 0 Å². The van der Waals surface area contributed by atoms with Crippen LogP contribution in [0, 0.1) is 6.92 Å². The first-order valence-electron chi connectivity index (χ1n) is 6.54. The molecule has 0 saturated carbocycles. The molecule has 0 bridgehead atoms. The second-order valence-corrected chi connectivity index (χ2v) is 4.51. The fourth-order valence-electron chi connectivity index (χ4n) is 1.87. The highest BCUT2D eigenvalue weighted by Crippen LogP contribution is 2.26. The third-order valence-corrected chi connectivity index (χ3v) is 2.94. The van der Waals surface area contributed by atoms with Gasteiger partial charge in [-0.25, -0.2) is 4.98 Å². The minimum absolute atomic E-state index is 0.631. The Morgan fingerprint density at radius 2 is 2.21 bits per heavy atom. The SMILES string of the molecule is CCCNCc1coc(-c2ccc(C)c(OC)c2)n1. The predicted molar refractivity (Wildman–Crippen MR) is 75.2 cm³/mol. The van der Waals surface area contributed by atoms with Gasteiger partial charge < -0.3 is 14.5 Å². The summed E-state index contributed by atoms with van der Waals surface area (Å²) < 4.78 is 10.8. The second kappa shape index (κ2) is 6.38. The number of nitrogens with zero attached hydrogens (tertiary/aromatic N) is 1. The van der Waals surface area contributed by atoms with E-state index in [1.54, 1.807) is 13.4 Å². The summed E-state index contributed by atoms with van der Waals surface area (Å²) in [5.74, 6) is 1.48. The topological polar surface area (TPSA) is 47.3 Å². The van der Waals surface area contributed by atoms with Gasteiger partial charge in [0.25, 0.3) is 0 Å². The van der Waals surface area contributed by atoms with Gasteiger partial charge in [0.2, 0.25) is 5.89 Å². The summed E-state index contributed by atoms with van der Waals surface area (Å²) in [5, 5.41) is 3.30. The van der Waals surface area contributed by atoms with Gasteiger partial charge in [-0.2, -0.15) is 0 Å². The maximum Gasteiger partial charge on any atom is 0.226 e. The zero-order valence-corrected chi connectivity index (χ0v) is 11.7. The molecule has 0 aliphatic heterocycles. The van der Waals surface area contributed by atoms with Crippen molar-refractivity contribution in [2.45, 2.75) is 26.8 Å². The molecule has 0 aliphatic carbocycles. The van der Waals surface area contributed by atoms with Crippen LogP contribution in [0.2, 0.25) is 0 Å². The van der Waals surface area contributed by atoms with Gasteiger partial charge in [0.05, 0.1) is 12.8 Å². The first-order chi connectivity index (χ1) is 9.24. The zero-order valence-electron chi connectivity index (χ0n) is 11.7. The van der Waals surface area contributed by atoms with Crippen molar-refractivity contribution in [3.05, 3.63) is 35.7 Å². The summed E-state index contributed by atoms with van der Waals surface area (Å²) in [6.45, 7) is 5.87. The molecule has 1 aromatic carbocycles. The number of ether oxygens (including phenoxy) is 1. The van der Waals surface area contributed by atoms with Crippen LogP contribution in [0.15, 0.2) is 28.9 Å². The Morgan fingerprint density at radius 3 is 2.95 bits per heavy atom. The van der Waals surface area contributed by atoms with Crippen molar-refractivity contribution in [2.75, 3.05) is 13.7 Å². The van der Waals surface area contributed by atoms with Gasteiger partial charge in [-0.1, -0.05) is 13.0 Å². The average molecular weight is 260 g/mol. The van der Waals surface area contributed by atoms with E-state index in [0.717, 1.165) is 42.1 Å². The minimum Gasteiger partial charge on any atom is -0.496 e. The van der Waals surface area contributed by atoms with E-state index in [-0.39, 0.29) is 0 Å². The Bertz CT molecular complexity index is 535. The third kappa shape index (κ3) is 3.35. The molecule has 0 spiro atoms. The highest BCUT2D eigenvalue weighted by Gasteiger charge is 2.08. The summed E-state index contributed by atoms with van der Waals surface area (Å²) in [5.41, 5.74) is 2.95. The van der Waals surface area contributed by atoms with Crippen LogP contribution < -0.4 is 10.1 Å². The molecule has 0 atom stereocenters. The summed E-state index contributed by atoms with van der Waals surface area (Å²) in [6, 6.07) is 5.95. The molecule has 1 aromatic heterocycles. The smallest absolute Gasteiger partial charge is 0.226 e. The van der Waals surface area contributed by atoms with Crippen molar-refractivity contribution >= 4 is 0 Å². The Kier molecular flexibility index (Phi) is 4.58. The molecular formula is C15H20N2O2. The molecule has 0 saturated heterocycles. The number of aryl methyl sites for hydroxylation is 1. The fraction of sp³-hybridized carbons (Fsp3) is 0.400. The first kappa shape index (κ1) is 13.6. The maximum absolute atomic E-state index is 5.51. The van der Waals surface area contributed by atoms with Gasteiger partial charge in [0, 0.05) is 12.1 Å². The third-order valence-electron chi connectivity index (χ3n) is 2.94. The molecule has 102 valence electrons. The van der Waals surface area contributed by atoms with Crippen molar-refractivity contribution in [1.29, 1.82) is 0 Å². The first-order valence-corrected chi connectivity index (χ1v) is 6.54. The molecule has 1 heterocycles. The highest BCUT2D eigenvalue weighted by molar-refractivity contribution is 5.57. The largest absolute Gasteiger partial charge is 0.496 e. The van der Waals surface area contributed by atoms with Crippen LogP contribution in [-0.2, 0) is 6.54 Å². The number of nitrogens with one attached hydrogen (secondary N) is 1. The summed E-state index contributed by atoms with van der Waals surface area (Å²) >= 11 is 0. The summed E-state index contributed by atoms with van der Waals surface area (Å²) in [4.78, 5) is 4.47. The molecule has 2 aromatic rings. The van der Waals surface area contributed by atoms with Crippen LogP contribution >= 0.6 is 0 Å². The van der Waals surface area contributed by atoms with Gasteiger partial charge in [-0.05, 0) is 37.6 Å². The number of rotatable bonds is 6. The lowest BCUT2D eigenvalue weighted by atomic mass is 10.1. The number of oxazole rings is 1. The van der Waals surface area contributed by atoms with Crippen molar-refractivity contribution in [3.8, 4) is 17.2 Å². The Hall–Kier alpha value is -1.81. The van der Waals surface area contributed by atoms with E-state index >= 15 is 0 Å². The molecule has 0 fully saturated rings. The number of hydrogen-bond donors (Lipinski definition) is 1. The molecule has 0 amide bonds. The van der Waals surface area contributed by atoms with Crippen LogP contribution in [0.25, 0.3) is 11.5 Å². The number of hydrogen-bond acceptors (Lipinski definition) is 4. The van der Waals surface area contributed by atoms with E-state index < -0.39 is 0 Å². The fourth-order valence-corrected chi connectivity index (χ4v) is 1.87. The minimum atomic E-state index is 0.631. The standard InChI is InChI=1S/C15H20N2O2/c1-4-7-16-9-13-10-19-15(17-13)12-6-5-11(2)14(8-12)18-3/h5-6,8,10,16H,4,7,9H2,1-3H3. The maximum atomic E-state index is 5.51. The quantitative estimate of drug-likeness (QED) is 0.810. The zero-order chi connectivity index (χ0) is 13.7. The van der Waals surface area contributed by atoms with E-state index in [1.165, 1.54) is 0 Å². The highest BCUT2D eigenvalue weighted by atomic mass is 16.5. The van der Waals surface area contributed by atoms with Gasteiger partial charge in [0.1, 0.15) is 12.0 Å². The Balaban J connectivity index is 2.13. The molecule has 0 aliphatic rings. The lowest BCUT2D eigenvalue weighted by Crippen LogP contribution is -2.13. The van der Waals surface area contributed by atoms with Gasteiger partial charge in [-0.3, -0.25) is 0 Å². The summed E-state index contributed by atoms with van der Waals surface area (Å²) in [6.07, 6.45) is 2.81. The molecule has 4 heteroatoms. The number of aromatic nitrogens is 1. The van der Waals surface area contributed by atoms with Crippen molar-refractivity contribution < 1.29 is 9.15 Å². The van der Waals surface area contributed by atoms with E-state index in [4.69, 9.17) is 9.15 Å². The van der Waals surface area contributed by atoms with E-state index in [1.807, 2.05) is 25.1 Å². The summed E-state index contributed by atoms with van der Waals surface area (Å²) in [7, 11) is 1.67. The van der Waals surface area contributed by atoms with E-state index in [9.17, 15) is 0 Å². The molecule has 2 rings (SSSR count).